The molecule has 0 amide bonds. The minimum absolute atomic E-state index is 0. The highest BCUT2D eigenvalue weighted by molar-refractivity contribution is 7.89. The number of rotatable bonds is 2. The summed E-state index contributed by atoms with van der Waals surface area (Å²) in [5, 5.41) is 3.66. The van der Waals surface area contributed by atoms with Crippen LogP contribution < -0.4 is 5.32 Å². The minimum atomic E-state index is -3.39. The third kappa shape index (κ3) is 2.40. The molecule has 2 saturated heterocycles. The lowest BCUT2D eigenvalue weighted by Crippen LogP contribution is -2.39. The van der Waals surface area contributed by atoms with E-state index < -0.39 is 10.0 Å². The molecule has 1 aromatic heterocycles. The molecule has 102 valence electrons. The summed E-state index contributed by atoms with van der Waals surface area (Å²) in [6.45, 7) is 1.16. The Hall–Kier alpha value is -0.630. The van der Waals surface area contributed by atoms with Gasteiger partial charge in [0.25, 0.3) is 10.0 Å². The van der Waals surface area contributed by atoms with E-state index in [1.54, 1.807) is 4.31 Å². The van der Waals surface area contributed by atoms with Crippen molar-refractivity contribution >= 4 is 22.4 Å². The van der Waals surface area contributed by atoms with Gasteiger partial charge in [0.2, 0.25) is 0 Å². The Morgan fingerprint density at radius 1 is 1.28 bits per heavy atom. The van der Waals surface area contributed by atoms with Crippen LogP contribution in [0.2, 0.25) is 0 Å². The fourth-order valence-corrected chi connectivity index (χ4v) is 4.05. The molecule has 2 fully saturated rings. The number of sulfonamides is 1. The van der Waals surface area contributed by atoms with Crippen molar-refractivity contribution in [2.75, 3.05) is 13.1 Å². The maximum Gasteiger partial charge on any atom is 0.260 e. The highest BCUT2D eigenvalue weighted by Crippen LogP contribution is 2.23. The van der Waals surface area contributed by atoms with Gasteiger partial charge < -0.3 is 10.3 Å². The Bertz CT molecular complexity index is 490. The molecule has 0 spiro atoms. The van der Waals surface area contributed by atoms with Crippen molar-refractivity contribution in [3.63, 3.8) is 0 Å². The number of nitrogens with one attached hydrogen (secondary N) is 2. The van der Waals surface area contributed by atoms with Gasteiger partial charge in [-0.2, -0.15) is 4.31 Å². The predicted octanol–water partition coefficient (Wildman–Crippen LogP) is 0.346. The van der Waals surface area contributed by atoms with E-state index in [4.69, 9.17) is 0 Å². The molecule has 8 heteroatoms. The van der Waals surface area contributed by atoms with Crippen LogP contribution in [0.5, 0.6) is 0 Å². The van der Waals surface area contributed by atoms with Gasteiger partial charge in [-0.05, 0) is 19.3 Å². The molecule has 2 unspecified atom stereocenters. The van der Waals surface area contributed by atoms with E-state index in [2.05, 4.69) is 15.3 Å². The van der Waals surface area contributed by atoms with Crippen molar-refractivity contribution in [1.29, 1.82) is 0 Å². The van der Waals surface area contributed by atoms with Gasteiger partial charge in [-0.1, -0.05) is 0 Å². The van der Waals surface area contributed by atoms with Crippen molar-refractivity contribution in [3.05, 3.63) is 12.5 Å². The lowest BCUT2D eigenvalue weighted by atomic mass is 10.1. The van der Waals surface area contributed by atoms with E-state index >= 15 is 0 Å². The van der Waals surface area contributed by atoms with Crippen LogP contribution in [0.1, 0.15) is 19.3 Å². The standard InChI is InChI=1S/C10H16N4O2S.ClH/c15-17(16,10-5-11-7-12-10)14-4-3-8-1-2-9(6-14)13-8;/h5,7-9,13H,1-4,6H2,(H,11,12);1H. The molecule has 3 rings (SSSR count). The summed E-state index contributed by atoms with van der Waals surface area (Å²) in [7, 11) is -3.39. The molecule has 2 aliphatic heterocycles. The summed E-state index contributed by atoms with van der Waals surface area (Å²) in [5.41, 5.74) is 0. The second-order valence-electron chi connectivity index (χ2n) is 4.71. The zero-order valence-corrected chi connectivity index (χ0v) is 11.5. The Morgan fingerprint density at radius 2 is 2.06 bits per heavy atom. The molecule has 0 aromatic carbocycles. The molecule has 2 atom stereocenters. The smallest absolute Gasteiger partial charge is 0.260 e. The number of fused-ring (bicyclic) bond motifs is 2. The summed E-state index contributed by atoms with van der Waals surface area (Å²) in [4.78, 5) is 6.46. The van der Waals surface area contributed by atoms with Crippen LogP contribution in [0.25, 0.3) is 0 Å². The summed E-state index contributed by atoms with van der Waals surface area (Å²) in [6.07, 6.45) is 5.90. The number of hydrogen-bond donors (Lipinski definition) is 2. The second-order valence-corrected chi connectivity index (χ2v) is 6.61. The monoisotopic (exact) mass is 292 g/mol. The molecule has 0 aliphatic carbocycles. The number of H-pyrrole nitrogens is 1. The number of halogens is 1. The van der Waals surface area contributed by atoms with Gasteiger partial charge in [-0.15, -0.1) is 12.4 Å². The van der Waals surface area contributed by atoms with Crippen LogP contribution in [-0.2, 0) is 10.0 Å². The average molecular weight is 293 g/mol. The third-order valence-electron chi connectivity index (χ3n) is 3.58. The van der Waals surface area contributed by atoms with Gasteiger partial charge in [0.15, 0.2) is 5.03 Å². The van der Waals surface area contributed by atoms with Gasteiger partial charge in [-0.3, -0.25) is 0 Å². The number of aromatic nitrogens is 2. The first-order valence-electron chi connectivity index (χ1n) is 5.91. The molecule has 1 aromatic rings. The molecule has 2 bridgehead atoms. The van der Waals surface area contributed by atoms with Crippen molar-refractivity contribution in [3.8, 4) is 0 Å². The Kier molecular flexibility index (Phi) is 3.96. The van der Waals surface area contributed by atoms with Gasteiger partial charge in [0.05, 0.1) is 12.5 Å². The molecule has 6 nitrogen and oxygen atoms in total. The molecule has 3 heterocycles. The molecule has 2 aliphatic rings. The van der Waals surface area contributed by atoms with Crippen molar-refractivity contribution < 1.29 is 8.42 Å². The highest BCUT2D eigenvalue weighted by Gasteiger charge is 2.35. The number of imidazole rings is 1. The second kappa shape index (κ2) is 5.16. The van der Waals surface area contributed by atoms with Crippen LogP contribution in [0.15, 0.2) is 17.6 Å². The van der Waals surface area contributed by atoms with Crippen LogP contribution >= 0.6 is 12.4 Å². The molecule has 0 radical (unpaired) electrons. The van der Waals surface area contributed by atoms with E-state index in [1.807, 2.05) is 0 Å². The summed E-state index contributed by atoms with van der Waals surface area (Å²) >= 11 is 0. The van der Waals surface area contributed by atoms with E-state index in [1.165, 1.54) is 18.9 Å². The summed E-state index contributed by atoms with van der Waals surface area (Å²) in [5.74, 6) is 0. The summed E-state index contributed by atoms with van der Waals surface area (Å²) in [6, 6.07) is 0.794. The van der Waals surface area contributed by atoms with Crippen LogP contribution in [0, 0.1) is 0 Å². The van der Waals surface area contributed by atoms with E-state index in [9.17, 15) is 8.42 Å². The fraction of sp³-hybridized carbons (Fsp3) is 0.700. The molecule has 18 heavy (non-hydrogen) atoms. The van der Waals surface area contributed by atoms with Gasteiger partial charge in [0.1, 0.15) is 0 Å². The minimum Gasteiger partial charge on any atom is -0.335 e. The first-order valence-corrected chi connectivity index (χ1v) is 7.35. The topological polar surface area (TPSA) is 78.1 Å². The Labute approximate surface area is 113 Å². The van der Waals surface area contributed by atoms with Gasteiger partial charge >= 0.3 is 0 Å². The first kappa shape index (κ1) is 13.8. The third-order valence-corrected chi connectivity index (χ3v) is 5.37. The Morgan fingerprint density at radius 3 is 2.78 bits per heavy atom. The molecule has 0 saturated carbocycles. The largest absolute Gasteiger partial charge is 0.335 e. The Balaban J connectivity index is 0.00000120. The zero-order chi connectivity index (χ0) is 11.9. The molecular formula is C10H17ClN4O2S. The zero-order valence-electron chi connectivity index (χ0n) is 9.87. The number of hydrogen-bond acceptors (Lipinski definition) is 4. The van der Waals surface area contributed by atoms with Gasteiger partial charge in [0, 0.05) is 25.2 Å². The van der Waals surface area contributed by atoms with Crippen molar-refractivity contribution in [2.24, 2.45) is 0 Å². The number of aromatic amines is 1. The van der Waals surface area contributed by atoms with Crippen molar-refractivity contribution in [1.82, 2.24) is 19.6 Å². The van der Waals surface area contributed by atoms with Gasteiger partial charge in [-0.25, -0.2) is 13.4 Å². The fourth-order valence-electron chi connectivity index (χ4n) is 2.65. The molecular weight excluding hydrogens is 276 g/mol. The average Bonchev–Trinajstić information content (AvgIpc) is 2.87. The van der Waals surface area contributed by atoms with Crippen LogP contribution in [-0.4, -0.2) is 47.9 Å². The van der Waals surface area contributed by atoms with Crippen LogP contribution in [0.3, 0.4) is 0 Å². The predicted molar refractivity (Wildman–Crippen MR) is 69.2 cm³/mol. The quantitative estimate of drug-likeness (QED) is 0.824. The maximum atomic E-state index is 12.3. The van der Waals surface area contributed by atoms with E-state index in [0.717, 1.165) is 12.8 Å². The number of nitrogens with zero attached hydrogens (tertiary/aromatic N) is 2. The lowest BCUT2D eigenvalue weighted by molar-refractivity contribution is 0.382. The van der Waals surface area contributed by atoms with E-state index in [-0.39, 0.29) is 17.4 Å². The highest BCUT2D eigenvalue weighted by atomic mass is 35.5. The normalized spacial score (nSPS) is 28.7. The maximum absolute atomic E-state index is 12.3. The van der Waals surface area contributed by atoms with E-state index in [0.29, 0.717) is 25.2 Å². The lowest BCUT2D eigenvalue weighted by Gasteiger charge is -2.22. The molecule has 2 N–H and O–H groups in total. The summed E-state index contributed by atoms with van der Waals surface area (Å²) < 4.78 is 26.2. The van der Waals surface area contributed by atoms with Crippen LogP contribution in [0.4, 0.5) is 0 Å². The first-order chi connectivity index (χ1) is 8.16. The SMILES string of the molecule is Cl.O=S(=O)(c1cnc[nH]1)N1CCC2CCC(C1)N2. The van der Waals surface area contributed by atoms with Crippen molar-refractivity contribution in [2.45, 2.75) is 36.4 Å².